The first-order valence-corrected chi connectivity index (χ1v) is 24.8. The Morgan fingerprint density at radius 1 is 0.291 bits per heavy atom. The van der Waals surface area contributed by atoms with Crippen LogP contribution in [0.1, 0.15) is 11.1 Å². The fourth-order valence-electron chi connectivity index (χ4n) is 6.37. The molecule has 0 aliphatic heterocycles. The van der Waals surface area contributed by atoms with Gasteiger partial charge in [-0.3, -0.25) is 0 Å². The number of halogens is 1. The van der Waals surface area contributed by atoms with Crippen molar-refractivity contribution in [3.63, 3.8) is 0 Å². The van der Waals surface area contributed by atoms with Crippen molar-refractivity contribution in [2.75, 3.05) is 0 Å². The molecule has 8 rings (SSSR count). The number of hydrogen-bond acceptors (Lipinski definition) is 0. The van der Waals surface area contributed by atoms with Gasteiger partial charge in [-0.05, 0) is 73.2 Å². The Bertz CT molecular complexity index is 1950. The topological polar surface area (TPSA) is 0 Å². The molecule has 55 heavy (non-hydrogen) atoms. The predicted molar refractivity (Wildman–Crippen MR) is 242 cm³/mol. The largest absolute Gasteiger partial charge is 0.176 e. The second-order valence-corrected chi connectivity index (χ2v) is 19.2. The average molecular weight is 872 g/mol. The summed E-state index contributed by atoms with van der Waals surface area (Å²) in [5, 5.41) is 9.85. The molecule has 272 valence electrons. The van der Waals surface area contributed by atoms with Gasteiger partial charge >= 0.3 is 27.0 Å². The van der Waals surface area contributed by atoms with Crippen LogP contribution >= 0.6 is 33.5 Å². The van der Waals surface area contributed by atoms with Gasteiger partial charge in [0.2, 0.25) is 0 Å². The quantitative estimate of drug-likeness (QED) is 0.0690. The van der Waals surface area contributed by atoms with E-state index in [4.69, 9.17) is 0 Å². The van der Waals surface area contributed by atoms with E-state index in [1.807, 2.05) is 17.3 Å². The zero-order chi connectivity index (χ0) is 37.9. The van der Waals surface area contributed by atoms with Crippen LogP contribution in [-0.4, -0.2) is 0 Å². The Morgan fingerprint density at radius 2 is 0.509 bits per heavy atom. The van der Waals surface area contributed by atoms with Crippen LogP contribution < -0.4 is 37.1 Å². The molecular formula is C50H42ClP3Ru. The van der Waals surface area contributed by atoms with E-state index in [9.17, 15) is 0 Å². The molecule has 0 radical (unpaired) electrons. The molecule has 0 nitrogen and oxygen atoms in total. The normalized spacial score (nSPS) is 10.6. The summed E-state index contributed by atoms with van der Waals surface area (Å²) in [6.45, 7) is 0. The fraction of sp³-hybridized carbons (Fsp3) is 0.0400. The van der Waals surface area contributed by atoms with Crippen molar-refractivity contribution in [3.8, 4) is 0 Å². The summed E-state index contributed by atoms with van der Waals surface area (Å²) in [6.07, 6.45) is 2.01. The molecule has 0 fully saturated rings. The maximum Gasteiger partial charge on any atom is -0.0134 e. The molecule has 0 aliphatic carbocycles. The van der Waals surface area contributed by atoms with E-state index >= 15 is 0 Å². The monoisotopic (exact) mass is 872 g/mol. The summed E-state index contributed by atoms with van der Waals surface area (Å²) in [5.74, 6) is 0. The van der Waals surface area contributed by atoms with E-state index in [2.05, 4.69) is 246 Å². The van der Waals surface area contributed by atoms with Gasteiger partial charge in [0.25, 0.3) is 0 Å². The molecule has 0 atom stereocenters. The third-order valence-corrected chi connectivity index (χ3v) is 16.3. The molecule has 0 N–H and O–H groups in total. The first kappa shape index (κ1) is 40.6. The summed E-state index contributed by atoms with van der Waals surface area (Å²) in [4.78, 5) is 0. The van der Waals surface area contributed by atoms with Crippen LogP contribution in [0.4, 0.5) is 0 Å². The Balaban J connectivity index is 0.000000207. The van der Waals surface area contributed by atoms with Crippen molar-refractivity contribution in [2.45, 2.75) is 12.3 Å². The van der Waals surface area contributed by atoms with Gasteiger partial charge < -0.3 is 0 Å². The van der Waals surface area contributed by atoms with Gasteiger partial charge in [0.05, 0.1) is 0 Å². The first-order valence-electron chi connectivity index (χ1n) is 18.2. The van der Waals surface area contributed by atoms with Crippen LogP contribution in [-0.2, 0) is 29.6 Å². The second kappa shape index (κ2) is 22.5. The molecule has 0 amide bonds. The molecule has 0 bridgehead atoms. The molecular weight excluding hydrogens is 830 g/mol. The summed E-state index contributed by atoms with van der Waals surface area (Å²) >= 11 is 1.82. The SMILES string of the molecule is [Cl][Ru+].[c-]1c(CP(c2ccccc2)c2ccccc2)cccc1CP(c1ccccc1)c1ccccc1.c1ccc(P(c2ccccc2)c2ccccc2)cc1. The number of rotatable bonds is 11. The molecule has 8 aromatic rings. The van der Waals surface area contributed by atoms with Crippen molar-refractivity contribution in [2.24, 2.45) is 0 Å². The molecule has 0 heterocycles. The Kier molecular flexibility index (Phi) is 16.6. The molecule has 0 spiro atoms. The van der Waals surface area contributed by atoms with Crippen LogP contribution in [0.25, 0.3) is 0 Å². The summed E-state index contributed by atoms with van der Waals surface area (Å²) in [7, 11) is 3.18. The van der Waals surface area contributed by atoms with Gasteiger partial charge in [0.15, 0.2) is 0 Å². The van der Waals surface area contributed by atoms with Crippen LogP contribution in [0.3, 0.4) is 0 Å². The molecule has 0 saturated carbocycles. The zero-order valence-electron chi connectivity index (χ0n) is 30.4. The van der Waals surface area contributed by atoms with E-state index < -0.39 is 23.8 Å². The summed E-state index contributed by atoms with van der Waals surface area (Å²) < 4.78 is 0. The summed E-state index contributed by atoms with van der Waals surface area (Å²) in [6, 6.07) is 86.7. The van der Waals surface area contributed by atoms with Gasteiger partial charge in [-0.15, -0.1) is 0 Å². The minimum Gasteiger partial charge on any atom is -0.176 e. The van der Waals surface area contributed by atoms with E-state index in [0.29, 0.717) is 0 Å². The van der Waals surface area contributed by atoms with Gasteiger partial charge in [-0.25, -0.2) is 0 Å². The predicted octanol–water partition coefficient (Wildman–Crippen LogP) is 10.9. The minimum absolute atomic E-state index is 0.446. The van der Waals surface area contributed by atoms with E-state index in [1.165, 1.54) is 48.3 Å². The van der Waals surface area contributed by atoms with E-state index in [0.717, 1.165) is 12.3 Å². The molecule has 8 aromatic carbocycles. The van der Waals surface area contributed by atoms with Gasteiger partial charge in [0, 0.05) is 0 Å². The van der Waals surface area contributed by atoms with Crippen molar-refractivity contribution in [3.05, 3.63) is 248 Å². The van der Waals surface area contributed by atoms with Crippen LogP contribution in [0.5, 0.6) is 0 Å². The van der Waals surface area contributed by atoms with Crippen LogP contribution in [0.2, 0.25) is 0 Å². The minimum atomic E-state index is -0.473. The molecule has 0 aromatic heterocycles. The van der Waals surface area contributed by atoms with Gasteiger partial charge in [-0.1, -0.05) is 212 Å². The summed E-state index contributed by atoms with van der Waals surface area (Å²) in [5.41, 5.74) is 2.60. The third kappa shape index (κ3) is 12.0. The maximum absolute atomic E-state index is 4.57. The van der Waals surface area contributed by atoms with Crippen LogP contribution in [0.15, 0.2) is 231 Å². The molecule has 5 heteroatoms. The average Bonchev–Trinajstić information content (AvgIpc) is 3.28. The van der Waals surface area contributed by atoms with Crippen LogP contribution in [0, 0.1) is 6.07 Å². The Hall–Kier alpha value is -4.04. The second-order valence-electron chi connectivity index (χ2n) is 12.6. The first-order chi connectivity index (χ1) is 27.3. The van der Waals surface area contributed by atoms with Gasteiger partial charge in [-0.2, -0.15) is 35.4 Å². The van der Waals surface area contributed by atoms with E-state index in [-0.39, 0.29) is 0 Å². The van der Waals surface area contributed by atoms with E-state index in [1.54, 1.807) is 0 Å². The maximum atomic E-state index is 4.57. The van der Waals surface area contributed by atoms with Crippen molar-refractivity contribution in [1.82, 2.24) is 0 Å². The molecule has 0 saturated heterocycles. The smallest absolute Gasteiger partial charge is 0.0134 e. The number of benzene rings is 8. The molecule has 0 unspecified atom stereocenters. The Morgan fingerprint density at radius 3 is 0.745 bits per heavy atom. The number of hydrogen-bond donors (Lipinski definition) is 0. The fourth-order valence-corrected chi connectivity index (χ4v) is 13.2. The standard InChI is InChI=1S/C32H27P2.C18H15P.ClH.Ru/c1-5-16-29(17-6-1)33(30-18-7-2-8-19-30)25-27-14-13-15-28(24-27)26-34(31-20-9-3-10-21-31)32-22-11-4-12-23-32;1-4-10-16(11-5-1)19(17-12-6-2-7-13-17)18-14-8-3-9-15-18;;/h1-23H,25-26H2;1-15H;1H;/q-1;;;+2/p-1. The third-order valence-electron chi connectivity index (χ3n) is 8.89. The van der Waals surface area contributed by atoms with Gasteiger partial charge in [0.1, 0.15) is 0 Å². The zero-order valence-corrected chi connectivity index (χ0v) is 35.6. The Labute approximate surface area is 345 Å². The van der Waals surface area contributed by atoms with Crippen molar-refractivity contribution < 1.29 is 17.3 Å². The molecule has 0 aliphatic rings. The van der Waals surface area contributed by atoms with Crippen molar-refractivity contribution >= 4 is 70.6 Å². The van der Waals surface area contributed by atoms with Crippen molar-refractivity contribution in [1.29, 1.82) is 0 Å².